The van der Waals surface area contributed by atoms with Crippen molar-refractivity contribution in [1.29, 1.82) is 0 Å². The maximum atomic E-state index is 12.7. The topological polar surface area (TPSA) is 51.7 Å². The van der Waals surface area contributed by atoms with Gasteiger partial charge in [0.2, 0.25) is 0 Å². The van der Waals surface area contributed by atoms with Crippen molar-refractivity contribution in [2.24, 2.45) is 5.92 Å². The van der Waals surface area contributed by atoms with E-state index in [1.54, 1.807) is 12.4 Å². The molecule has 0 bridgehead atoms. The van der Waals surface area contributed by atoms with Crippen LogP contribution in [0, 0.1) is 12.8 Å². The summed E-state index contributed by atoms with van der Waals surface area (Å²) >= 11 is 0. The van der Waals surface area contributed by atoms with Gasteiger partial charge in [-0.05, 0) is 43.2 Å². The Kier molecular flexibility index (Phi) is 4.74. The molecule has 26 heavy (non-hydrogen) atoms. The summed E-state index contributed by atoms with van der Waals surface area (Å²) in [4.78, 5) is 18.6. The molecular weight excluding hydrogens is 328 g/mol. The molecule has 0 saturated carbocycles. The molecular formula is C21H24N2O3. The zero-order chi connectivity index (χ0) is 18.0. The number of carbonyl (C=O) groups excluding carboxylic acids is 1. The van der Waals surface area contributed by atoms with E-state index in [2.05, 4.69) is 4.98 Å². The summed E-state index contributed by atoms with van der Waals surface area (Å²) in [7, 11) is 0. The molecule has 2 aromatic rings. The van der Waals surface area contributed by atoms with Crippen LogP contribution < -0.4 is 0 Å². The van der Waals surface area contributed by atoms with E-state index >= 15 is 0 Å². The van der Waals surface area contributed by atoms with E-state index in [0.29, 0.717) is 32.2 Å². The highest BCUT2D eigenvalue weighted by atomic mass is 16.5. The molecule has 1 aromatic heterocycles. The van der Waals surface area contributed by atoms with E-state index in [1.807, 2.05) is 48.2 Å². The minimum absolute atomic E-state index is 0.0891. The predicted molar refractivity (Wildman–Crippen MR) is 97.8 cm³/mol. The van der Waals surface area contributed by atoms with Crippen LogP contribution in [0.15, 0.2) is 48.8 Å². The lowest BCUT2D eigenvalue weighted by Gasteiger charge is -2.50. The molecule has 4 rings (SSSR count). The third-order valence-corrected chi connectivity index (χ3v) is 5.41. The van der Waals surface area contributed by atoms with Crippen LogP contribution in [0.4, 0.5) is 0 Å². The van der Waals surface area contributed by atoms with Crippen molar-refractivity contribution >= 4 is 5.91 Å². The van der Waals surface area contributed by atoms with E-state index in [4.69, 9.17) is 9.47 Å². The highest BCUT2D eigenvalue weighted by Crippen LogP contribution is 2.40. The molecule has 1 amide bonds. The molecule has 2 saturated heterocycles. The number of carbonyl (C=O) groups is 1. The molecule has 0 aliphatic carbocycles. The minimum Gasteiger partial charge on any atom is -0.376 e. The molecule has 2 aliphatic rings. The molecule has 2 aliphatic heterocycles. The normalized spacial score (nSPS) is 21.0. The lowest BCUT2D eigenvalue weighted by atomic mass is 9.81. The number of hydrogen-bond donors (Lipinski definition) is 0. The molecule has 3 heterocycles. The second-order valence-corrected chi connectivity index (χ2v) is 7.30. The molecule has 1 aromatic carbocycles. The number of rotatable bonds is 5. The van der Waals surface area contributed by atoms with Gasteiger partial charge in [-0.2, -0.15) is 0 Å². The molecule has 2 fully saturated rings. The Hall–Kier alpha value is -2.24. The quantitative estimate of drug-likeness (QED) is 0.830. The summed E-state index contributed by atoms with van der Waals surface area (Å²) in [6, 6.07) is 11.7. The van der Waals surface area contributed by atoms with Crippen LogP contribution in [-0.2, 0) is 16.1 Å². The van der Waals surface area contributed by atoms with Gasteiger partial charge in [0.05, 0.1) is 26.3 Å². The lowest BCUT2D eigenvalue weighted by molar-refractivity contribution is -0.129. The van der Waals surface area contributed by atoms with Gasteiger partial charge in [0, 0.05) is 30.5 Å². The number of ether oxygens (including phenoxy) is 2. The summed E-state index contributed by atoms with van der Waals surface area (Å²) < 4.78 is 12.0. The van der Waals surface area contributed by atoms with Crippen LogP contribution in [-0.4, -0.2) is 47.7 Å². The Balaban J connectivity index is 1.32. The lowest BCUT2D eigenvalue weighted by Crippen LogP contribution is -2.66. The smallest absolute Gasteiger partial charge is 0.254 e. The van der Waals surface area contributed by atoms with Crippen LogP contribution in [0.25, 0.3) is 0 Å². The first-order valence-corrected chi connectivity index (χ1v) is 9.13. The Labute approximate surface area is 153 Å². The van der Waals surface area contributed by atoms with Gasteiger partial charge in [0.1, 0.15) is 5.60 Å². The van der Waals surface area contributed by atoms with Gasteiger partial charge in [-0.15, -0.1) is 0 Å². The Bertz CT molecular complexity index is 772. The van der Waals surface area contributed by atoms with E-state index in [-0.39, 0.29) is 11.5 Å². The fourth-order valence-corrected chi connectivity index (χ4v) is 3.87. The zero-order valence-corrected chi connectivity index (χ0v) is 15.1. The molecule has 5 heteroatoms. The number of likely N-dealkylation sites (tertiary alicyclic amines) is 1. The van der Waals surface area contributed by atoms with Crippen LogP contribution >= 0.6 is 0 Å². The molecule has 0 N–H and O–H groups in total. The number of hydrogen-bond acceptors (Lipinski definition) is 4. The predicted octanol–water partition coefficient (Wildman–Crippen LogP) is 2.84. The second kappa shape index (κ2) is 7.17. The van der Waals surface area contributed by atoms with E-state index in [1.165, 1.54) is 0 Å². The van der Waals surface area contributed by atoms with Gasteiger partial charge in [0.25, 0.3) is 5.91 Å². The second-order valence-electron chi connectivity index (χ2n) is 7.30. The van der Waals surface area contributed by atoms with Crippen molar-refractivity contribution in [2.75, 3.05) is 26.3 Å². The van der Waals surface area contributed by atoms with Crippen LogP contribution in [0.2, 0.25) is 0 Å². The maximum absolute atomic E-state index is 12.7. The SMILES string of the molecule is Cc1cccc(C(=O)N2CC3(C2)OCC[C@@H]3COCc2ccncc2)c1. The molecule has 5 nitrogen and oxygen atoms in total. The molecule has 1 atom stereocenters. The Morgan fingerprint density at radius 1 is 1.31 bits per heavy atom. The Morgan fingerprint density at radius 3 is 2.88 bits per heavy atom. The van der Waals surface area contributed by atoms with Crippen molar-refractivity contribution in [3.8, 4) is 0 Å². The van der Waals surface area contributed by atoms with Crippen molar-refractivity contribution in [1.82, 2.24) is 9.88 Å². The highest BCUT2D eigenvalue weighted by molar-refractivity contribution is 5.95. The fourth-order valence-electron chi connectivity index (χ4n) is 3.87. The maximum Gasteiger partial charge on any atom is 0.254 e. The van der Waals surface area contributed by atoms with Crippen LogP contribution in [0.1, 0.15) is 27.9 Å². The monoisotopic (exact) mass is 352 g/mol. The van der Waals surface area contributed by atoms with Gasteiger partial charge >= 0.3 is 0 Å². The van der Waals surface area contributed by atoms with Crippen molar-refractivity contribution < 1.29 is 14.3 Å². The third kappa shape index (κ3) is 3.37. The molecule has 1 spiro atoms. The first-order valence-electron chi connectivity index (χ1n) is 9.13. The number of aromatic nitrogens is 1. The number of nitrogens with zero attached hydrogens (tertiary/aromatic N) is 2. The van der Waals surface area contributed by atoms with E-state index in [9.17, 15) is 4.79 Å². The summed E-state index contributed by atoms with van der Waals surface area (Å²) in [5.41, 5.74) is 2.75. The van der Waals surface area contributed by atoms with Gasteiger partial charge < -0.3 is 14.4 Å². The standard InChI is InChI=1S/C21H24N2O3/c1-16-3-2-4-18(11-16)20(24)23-14-21(15-23)19(7-10-26-21)13-25-12-17-5-8-22-9-6-17/h2-6,8-9,11,19H,7,10,12-15H2,1H3/t19-/m1/s1. The molecule has 136 valence electrons. The first kappa shape index (κ1) is 17.2. The molecule has 0 unspecified atom stereocenters. The fraction of sp³-hybridized carbons (Fsp3) is 0.429. The summed E-state index contributed by atoms with van der Waals surface area (Å²) in [6.07, 6.45) is 4.54. The van der Waals surface area contributed by atoms with Crippen molar-refractivity contribution in [3.63, 3.8) is 0 Å². The number of aryl methyl sites for hydroxylation is 1. The van der Waals surface area contributed by atoms with E-state index in [0.717, 1.165) is 29.7 Å². The molecule has 0 radical (unpaired) electrons. The van der Waals surface area contributed by atoms with E-state index < -0.39 is 0 Å². The largest absolute Gasteiger partial charge is 0.376 e. The first-order chi connectivity index (χ1) is 12.7. The summed E-state index contributed by atoms with van der Waals surface area (Å²) in [5, 5.41) is 0. The average Bonchev–Trinajstić information content (AvgIpc) is 3.05. The van der Waals surface area contributed by atoms with Crippen LogP contribution in [0.3, 0.4) is 0 Å². The number of amides is 1. The van der Waals surface area contributed by atoms with Gasteiger partial charge in [-0.25, -0.2) is 0 Å². The summed E-state index contributed by atoms with van der Waals surface area (Å²) in [6.45, 7) is 5.31. The summed E-state index contributed by atoms with van der Waals surface area (Å²) in [5.74, 6) is 0.428. The van der Waals surface area contributed by atoms with Crippen molar-refractivity contribution in [3.05, 3.63) is 65.5 Å². The number of pyridine rings is 1. The Morgan fingerprint density at radius 2 is 2.12 bits per heavy atom. The van der Waals surface area contributed by atoms with Gasteiger partial charge in [-0.1, -0.05) is 17.7 Å². The minimum atomic E-state index is -0.224. The zero-order valence-electron chi connectivity index (χ0n) is 15.1. The highest BCUT2D eigenvalue weighted by Gasteiger charge is 2.54. The van der Waals surface area contributed by atoms with Crippen molar-refractivity contribution in [2.45, 2.75) is 25.6 Å². The van der Waals surface area contributed by atoms with Crippen LogP contribution in [0.5, 0.6) is 0 Å². The van der Waals surface area contributed by atoms with Gasteiger partial charge in [-0.3, -0.25) is 9.78 Å². The third-order valence-electron chi connectivity index (χ3n) is 5.41. The average molecular weight is 352 g/mol. The van der Waals surface area contributed by atoms with Gasteiger partial charge in [0.15, 0.2) is 0 Å². The number of benzene rings is 1.